The largest absolute Gasteiger partial charge is 0.365 e. The van der Waals surface area contributed by atoms with Crippen LogP contribution in [0, 0.1) is 5.82 Å². The van der Waals surface area contributed by atoms with E-state index in [4.69, 9.17) is 0 Å². The van der Waals surface area contributed by atoms with Crippen LogP contribution in [0.3, 0.4) is 0 Å². The Hall–Kier alpha value is -1.61. The highest BCUT2D eigenvalue weighted by atomic mass is 19.1. The second-order valence-corrected chi connectivity index (χ2v) is 6.40. The molecule has 1 aliphatic carbocycles. The molecule has 2 heterocycles. The van der Waals surface area contributed by atoms with Crippen molar-refractivity contribution < 1.29 is 4.39 Å². The molecule has 2 fully saturated rings. The molecule has 3 heteroatoms. The molecule has 0 bridgehead atoms. The van der Waals surface area contributed by atoms with Gasteiger partial charge in [-0.05, 0) is 73.4 Å². The van der Waals surface area contributed by atoms with Crippen molar-refractivity contribution in [3.05, 3.63) is 59.2 Å². The summed E-state index contributed by atoms with van der Waals surface area (Å²) >= 11 is 0. The summed E-state index contributed by atoms with van der Waals surface area (Å²) in [6.45, 7) is 1.03. The van der Waals surface area contributed by atoms with Gasteiger partial charge in [0.25, 0.3) is 0 Å². The van der Waals surface area contributed by atoms with Gasteiger partial charge in [0.05, 0.1) is 0 Å². The Labute approximate surface area is 124 Å². The van der Waals surface area contributed by atoms with Gasteiger partial charge < -0.3 is 10.3 Å². The van der Waals surface area contributed by atoms with Gasteiger partial charge in [-0.25, -0.2) is 4.39 Å². The highest BCUT2D eigenvalue weighted by Crippen LogP contribution is 2.45. The fraction of sp³-hybridized carbons (Fsp3) is 0.444. The molecular weight excluding hydrogens is 263 g/mol. The average Bonchev–Trinajstić information content (AvgIpc) is 3.25. The molecule has 0 spiro atoms. The van der Waals surface area contributed by atoms with E-state index in [0.717, 1.165) is 18.9 Å². The highest BCUT2D eigenvalue weighted by molar-refractivity contribution is 5.32. The van der Waals surface area contributed by atoms with E-state index in [1.54, 1.807) is 12.1 Å². The molecule has 2 unspecified atom stereocenters. The molecule has 0 amide bonds. The normalized spacial score (nSPS) is 26.0. The van der Waals surface area contributed by atoms with Gasteiger partial charge in [0.15, 0.2) is 0 Å². The predicted octanol–water partition coefficient (Wildman–Crippen LogP) is 4.24. The van der Waals surface area contributed by atoms with Crippen molar-refractivity contribution >= 4 is 0 Å². The van der Waals surface area contributed by atoms with E-state index in [0.29, 0.717) is 12.0 Å². The van der Waals surface area contributed by atoms with Gasteiger partial charge in [0.1, 0.15) is 5.82 Å². The maximum absolute atomic E-state index is 13.1. The third-order valence-electron chi connectivity index (χ3n) is 4.91. The maximum atomic E-state index is 13.1. The minimum atomic E-state index is -0.159. The van der Waals surface area contributed by atoms with E-state index < -0.39 is 0 Å². The molecule has 1 saturated carbocycles. The molecule has 1 aliphatic heterocycles. The van der Waals surface area contributed by atoms with Gasteiger partial charge in [0.2, 0.25) is 0 Å². The fourth-order valence-corrected chi connectivity index (χ4v) is 3.62. The van der Waals surface area contributed by atoms with E-state index in [9.17, 15) is 4.39 Å². The number of H-pyrrole nitrogens is 1. The first-order valence-corrected chi connectivity index (χ1v) is 7.97. The van der Waals surface area contributed by atoms with E-state index in [1.165, 1.54) is 36.1 Å². The van der Waals surface area contributed by atoms with Crippen LogP contribution in [0.5, 0.6) is 0 Å². The molecule has 2 nitrogen and oxygen atoms in total. The molecule has 1 aromatic carbocycles. The Kier molecular flexibility index (Phi) is 3.30. The van der Waals surface area contributed by atoms with Crippen LogP contribution < -0.4 is 5.32 Å². The van der Waals surface area contributed by atoms with E-state index in [1.807, 2.05) is 12.1 Å². The van der Waals surface area contributed by atoms with Crippen LogP contribution in [0.2, 0.25) is 0 Å². The first kappa shape index (κ1) is 13.1. The van der Waals surface area contributed by atoms with Crippen molar-refractivity contribution in [2.24, 2.45) is 0 Å². The minimum absolute atomic E-state index is 0.159. The van der Waals surface area contributed by atoms with Gasteiger partial charge in [-0.2, -0.15) is 0 Å². The molecule has 2 N–H and O–H groups in total. The molecule has 110 valence electrons. The molecule has 4 rings (SSSR count). The molecule has 21 heavy (non-hydrogen) atoms. The number of piperidine rings is 1. The minimum Gasteiger partial charge on any atom is -0.365 e. The zero-order chi connectivity index (χ0) is 14.2. The number of hydrogen-bond acceptors (Lipinski definition) is 1. The standard InChI is InChI=1S/C18H21FN2/c19-15-5-3-12(4-6-15)17-11-14(7-9-20-17)16-8-10-21-18(16)13-1-2-13/h3-6,8,10,13-14,17,20-21H,1-2,7,9,11H2. The van der Waals surface area contributed by atoms with Crippen LogP contribution in [0.4, 0.5) is 4.39 Å². The van der Waals surface area contributed by atoms with Crippen molar-refractivity contribution in [1.29, 1.82) is 0 Å². The van der Waals surface area contributed by atoms with Crippen LogP contribution in [-0.2, 0) is 0 Å². The van der Waals surface area contributed by atoms with Crippen LogP contribution >= 0.6 is 0 Å². The van der Waals surface area contributed by atoms with Gasteiger partial charge in [-0.1, -0.05) is 12.1 Å². The van der Waals surface area contributed by atoms with Crippen LogP contribution in [-0.4, -0.2) is 11.5 Å². The second-order valence-electron chi connectivity index (χ2n) is 6.40. The maximum Gasteiger partial charge on any atom is 0.123 e. The number of hydrogen-bond donors (Lipinski definition) is 2. The van der Waals surface area contributed by atoms with Gasteiger partial charge in [0, 0.05) is 17.9 Å². The number of aromatic nitrogens is 1. The first-order chi connectivity index (χ1) is 10.3. The van der Waals surface area contributed by atoms with Crippen molar-refractivity contribution in [1.82, 2.24) is 10.3 Å². The first-order valence-electron chi connectivity index (χ1n) is 7.97. The monoisotopic (exact) mass is 284 g/mol. The second kappa shape index (κ2) is 5.30. The van der Waals surface area contributed by atoms with Crippen molar-refractivity contribution in [2.45, 2.75) is 43.6 Å². The molecule has 2 aromatic rings. The highest BCUT2D eigenvalue weighted by Gasteiger charge is 2.31. The lowest BCUT2D eigenvalue weighted by atomic mass is 9.83. The zero-order valence-electron chi connectivity index (χ0n) is 12.1. The summed E-state index contributed by atoms with van der Waals surface area (Å²) in [7, 11) is 0. The van der Waals surface area contributed by atoms with Crippen molar-refractivity contribution in [3.8, 4) is 0 Å². The Morgan fingerprint density at radius 2 is 1.76 bits per heavy atom. The summed E-state index contributed by atoms with van der Waals surface area (Å²) in [5, 5.41) is 3.58. The Morgan fingerprint density at radius 1 is 0.952 bits per heavy atom. The van der Waals surface area contributed by atoms with Gasteiger partial charge >= 0.3 is 0 Å². The topological polar surface area (TPSA) is 27.8 Å². The quantitative estimate of drug-likeness (QED) is 0.867. The summed E-state index contributed by atoms with van der Waals surface area (Å²) in [6.07, 6.45) is 7.05. The third-order valence-corrected chi connectivity index (χ3v) is 4.91. The van der Waals surface area contributed by atoms with Crippen molar-refractivity contribution in [2.75, 3.05) is 6.54 Å². The van der Waals surface area contributed by atoms with Gasteiger partial charge in [-0.3, -0.25) is 0 Å². The van der Waals surface area contributed by atoms with E-state index in [2.05, 4.69) is 22.6 Å². The summed E-state index contributed by atoms with van der Waals surface area (Å²) in [6, 6.07) is 9.55. The summed E-state index contributed by atoms with van der Waals surface area (Å²) in [5.41, 5.74) is 4.19. The van der Waals surface area contributed by atoms with E-state index >= 15 is 0 Å². The lowest BCUT2D eigenvalue weighted by Gasteiger charge is -2.31. The summed E-state index contributed by atoms with van der Waals surface area (Å²) in [4.78, 5) is 3.46. The molecule has 0 radical (unpaired) electrons. The average molecular weight is 284 g/mol. The Morgan fingerprint density at radius 3 is 2.52 bits per heavy atom. The predicted molar refractivity (Wildman–Crippen MR) is 81.9 cm³/mol. The fourth-order valence-electron chi connectivity index (χ4n) is 3.62. The van der Waals surface area contributed by atoms with E-state index in [-0.39, 0.29) is 5.82 Å². The molecule has 1 saturated heterocycles. The number of aromatic amines is 1. The van der Waals surface area contributed by atoms with Crippen LogP contribution in [0.25, 0.3) is 0 Å². The molecule has 2 atom stereocenters. The van der Waals surface area contributed by atoms with Gasteiger partial charge in [-0.15, -0.1) is 0 Å². The number of nitrogens with one attached hydrogen (secondary N) is 2. The number of halogens is 1. The molecular formula is C18H21FN2. The lowest BCUT2D eigenvalue weighted by molar-refractivity contribution is 0.368. The summed E-state index contributed by atoms with van der Waals surface area (Å²) in [5.74, 6) is 1.23. The number of rotatable bonds is 3. The Bertz CT molecular complexity index is 612. The zero-order valence-corrected chi connectivity index (χ0v) is 12.1. The summed E-state index contributed by atoms with van der Waals surface area (Å²) < 4.78 is 13.1. The Balaban J connectivity index is 1.54. The molecule has 1 aromatic heterocycles. The lowest BCUT2D eigenvalue weighted by Crippen LogP contribution is -2.31. The van der Waals surface area contributed by atoms with Crippen molar-refractivity contribution in [3.63, 3.8) is 0 Å². The SMILES string of the molecule is Fc1ccc(C2CC(c3cc[nH]c3C3CC3)CCN2)cc1. The number of benzene rings is 1. The van der Waals surface area contributed by atoms with Crippen LogP contribution in [0.1, 0.15) is 60.4 Å². The van der Waals surface area contributed by atoms with Crippen LogP contribution in [0.15, 0.2) is 36.5 Å². The molecule has 2 aliphatic rings. The third kappa shape index (κ3) is 2.62. The smallest absolute Gasteiger partial charge is 0.123 e.